The van der Waals surface area contributed by atoms with Crippen molar-refractivity contribution in [1.29, 1.82) is 0 Å². The van der Waals surface area contributed by atoms with Crippen molar-refractivity contribution in [3.8, 4) is 0 Å². The van der Waals surface area contributed by atoms with Crippen molar-refractivity contribution >= 4 is 36.2 Å². The Bertz CT molecular complexity index is 1120. The number of carbonyl (C=O) groups excluding carboxylic acids is 3. The Morgan fingerprint density at radius 3 is 2.10 bits per heavy atom. The second-order valence-electron chi connectivity index (χ2n) is 11.2. The number of para-hydroxylation sites is 1. The van der Waals surface area contributed by atoms with Crippen molar-refractivity contribution in [2.45, 2.75) is 97.8 Å². The number of anilines is 1. The average Bonchev–Trinajstić information content (AvgIpc) is 2.89. The van der Waals surface area contributed by atoms with Gasteiger partial charge in [-0.25, -0.2) is 4.79 Å². The van der Waals surface area contributed by atoms with Crippen LogP contribution < -0.4 is 10.6 Å². The molecule has 8 heteroatoms. The van der Waals surface area contributed by atoms with Crippen LogP contribution >= 0.6 is 12.6 Å². The molecule has 0 saturated heterocycles. The summed E-state index contributed by atoms with van der Waals surface area (Å²) in [5.41, 5.74) is 2.53. The van der Waals surface area contributed by atoms with E-state index in [2.05, 4.69) is 30.2 Å². The van der Waals surface area contributed by atoms with Gasteiger partial charge in [-0.3, -0.25) is 9.59 Å². The summed E-state index contributed by atoms with van der Waals surface area (Å²) in [4.78, 5) is 42.4. The van der Waals surface area contributed by atoms with Gasteiger partial charge in [-0.05, 0) is 63.8 Å². The van der Waals surface area contributed by atoms with Crippen molar-refractivity contribution in [2.24, 2.45) is 0 Å². The van der Waals surface area contributed by atoms with Crippen LogP contribution in [0.4, 0.5) is 10.5 Å². The first kappa shape index (κ1) is 33.2. The van der Waals surface area contributed by atoms with Gasteiger partial charge < -0.3 is 20.3 Å². The van der Waals surface area contributed by atoms with E-state index in [1.165, 1.54) is 6.42 Å². The van der Waals surface area contributed by atoms with E-state index in [9.17, 15) is 14.4 Å². The molecular formula is C32H47N3O4S. The number of alkyl carbamates (subject to hydrolysis) is 1. The molecule has 3 amide bonds. The van der Waals surface area contributed by atoms with Crippen molar-refractivity contribution in [2.75, 3.05) is 17.6 Å². The van der Waals surface area contributed by atoms with Gasteiger partial charge in [0.25, 0.3) is 5.91 Å². The molecule has 2 atom stereocenters. The lowest BCUT2D eigenvalue weighted by Crippen LogP contribution is -2.53. The zero-order valence-electron chi connectivity index (χ0n) is 25.0. The minimum Gasteiger partial charge on any atom is -0.444 e. The fraction of sp³-hybridized carbons (Fsp3) is 0.531. The lowest BCUT2D eigenvalue weighted by molar-refractivity contribution is -0.140. The Morgan fingerprint density at radius 1 is 0.900 bits per heavy atom. The number of hydrogen-bond acceptors (Lipinski definition) is 5. The summed E-state index contributed by atoms with van der Waals surface area (Å²) >= 11 is 4.39. The maximum Gasteiger partial charge on any atom is 0.408 e. The first-order valence-corrected chi connectivity index (χ1v) is 14.9. The normalized spacial score (nSPS) is 12.8. The van der Waals surface area contributed by atoms with Gasteiger partial charge in [0, 0.05) is 18.0 Å². The lowest BCUT2D eigenvalue weighted by atomic mass is 9.97. The van der Waals surface area contributed by atoms with E-state index >= 15 is 0 Å². The average molecular weight is 570 g/mol. The molecular weight excluding hydrogens is 522 g/mol. The molecule has 7 nitrogen and oxygen atoms in total. The lowest BCUT2D eigenvalue weighted by Gasteiger charge is -2.35. The number of ether oxygens (including phenoxy) is 1. The quantitative estimate of drug-likeness (QED) is 0.169. The predicted molar refractivity (Wildman–Crippen MR) is 166 cm³/mol. The van der Waals surface area contributed by atoms with Crippen molar-refractivity contribution < 1.29 is 19.1 Å². The second kappa shape index (κ2) is 16.3. The topological polar surface area (TPSA) is 87.7 Å². The number of aryl methyl sites for hydroxylation is 2. The van der Waals surface area contributed by atoms with E-state index in [-0.39, 0.29) is 17.6 Å². The summed E-state index contributed by atoms with van der Waals surface area (Å²) in [5.74, 6) is -0.619. The molecule has 2 N–H and O–H groups in total. The Balaban J connectivity index is 2.46. The fourth-order valence-corrected chi connectivity index (χ4v) is 4.77. The van der Waals surface area contributed by atoms with Crippen LogP contribution in [0.25, 0.3) is 0 Å². The molecule has 0 aliphatic rings. The fourth-order valence-electron chi connectivity index (χ4n) is 4.52. The van der Waals surface area contributed by atoms with E-state index < -0.39 is 23.8 Å². The minimum atomic E-state index is -0.962. The molecule has 0 aliphatic heterocycles. The summed E-state index contributed by atoms with van der Waals surface area (Å²) < 4.78 is 5.41. The van der Waals surface area contributed by atoms with Gasteiger partial charge >= 0.3 is 6.09 Å². The number of rotatable bonds is 14. The second-order valence-corrected chi connectivity index (χ2v) is 11.6. The van der Waals surface area contributed by atoms with Gasteiger partial charge in [-0.2, -0.15) is 12.6 Å². The largest absolute Gasteiger partial charge is 0.444 e. The SMILES string of the molecule is CCCCCCCCN(C(=O)C(CS)NC(=O)OC(C)(C)C)C(C(=O)Nc1ccccc1C)c1ccccc1C. The number of carbonyl (C=O) groups is 3. The maximum absolute atomic E-state index is 14.1. The summed E-state index contributed by atoms with van der Waals surface area (Å²) in [6.07, 6.45) is 5.51. The first-order chi connectivity index (χ1) is 19.0. The molecule has 2 unspecified atom stereocenters. The van der Waals surface area contributed by atoms with Crippen molar-refractivity contribution in [1.82, 2.24) is 10.2 Å². The third-order valence-electron chi connectivity index (χ3n) is 6.65. The molecule has 40 heavy (non-hydrogen) atoms. The van der Waals surface area contributed by atoms with Crippen LogP contribution in [0.2, 0.25) is 0 Å². The molecule has 2 aromatic carbocycles. The van der Waals surface area contributed by atoms with E-state index in [1.54, 1.807) is 25.7 Å². The number of unbranched alkanes of at least 4 members (excludes halogenated alkanes) is 5. The van der Waals surface area contributed by atoms with E-state index in [0.29, 0.717) is 12.2 Å². The molecule has 0 saturated carbocycles. The highest BCUT2D eigenvalue weighted by molar-refractivity contribution is 7.80. The Kier molecular flexibility index (Phi) is 13.5. The van der Waals surface area contributed by atoms with Gasteiger partial charge in [0.15, 0.2) is 0 Å². The van der Waals surface area contributed by atoms with Crippen LogP contribution in [0.1, 0.15) is 89.0 Å². The van der Waals surface area contributed by atoms with Crippen molar-refractivity contribution in [3.05, 3.63) is 65.2 Å². The number of benzene rings is 2. The standard InChI is InChI=1S/C32H47N3O4S/c1-7-8-9-10-11-16-21-35(30(37)27(22-40)34-31(38)39-32(4,5)6)28(25-19-14-12-17-23(25)2)29(36)33-26-20-15-13-18-24(26)3/h12-15,17-20,27-28,40H,7-11,16,21-22H2,1-6H3,(H,33,36)(H,34,38). The van der Waals surface area contributed by atoms with Gasteiger partial charge in [0.1, 0.15) is 17.7 Å². The summed E-state index contributed by atoms with van der Waals surface area (Å²) in [6, 6.07) is 13.3. The zero-order valence-corrected chi connectivity index (χ0v) is 25.9. The van der Waals surface area contributed by atoms with Crippen LogP contribution in [-0.2, 0) is 14.3 Å². The molecule has 220 valence electrons. The number of nitrogens with one attached hydrogen (secondary N) is 2. The third-order valence-corrected chi connectivity index (χ3v) is 7.02. The van der Waals surface area contributed by atoms with E-state index in [1.807, 2.05) is 62.4 Å². The van der Waals surface area contributed by atoms with Crippen LogP contribution in [0.5, 0.6) is 0 Å². The summed E-state index contributed by atoms with van der Waals surface area (Å²) in [7, 11) is 0. The Hall–Kier alpha value is -3.00. The van der Waals surface area contributed by atoms with Crippen LogP contribution in [-0.4, -0.2) is 46.7 Å². The molecule has 0 spiro atoms. The minimum absolute atomic E-state index is 0.0605. The number of amides is 3. The summed E-state index contributed by atoms with van der Waals surface area (Å²) in [6.45, 7) is 11.7. The highest BCUT2D eigenvalue weighted by atomic mass is 32.1. The molecule has 2 rings (SSSR count). The number of hydrogen-bond donors (Lipinski definition) is 3. The molecule has 0 aromatic heterocycles. The Morgan fingerprint density at radius 2 is 1.50 bits per heavy atom. The van der Waals surface area contributed by atoms with Gasteiger partial charge in [0.2, 0.25) is 5.91 Å². The molecule has 0 aliphatic carbocycles. The van der Waals surface area contributed by atoms with Gasteiger partial charge in [-0.1, -0.05) is 81.5 Å². The summed E-state index contributed by atoms with van der Waals surface area (Å²) in [5, 5.41) is 5.73. The van der Waals surface area contributed by atoms with Gasteiger partial charge in [0.05, 0.1) is 0 Å². The maximum atomic E-state index is 14.1. The Labute approximate surface area is 245 Å². The van der Waals surface area contributed by atoms with Crippen molar-refractivity contribution in [3.63, 3.8) is 0 Å². The smallest absolute Gasteiger partial charge is 0.408 e. The highest BCUT2D eigenvalue weighted by Gasteiger charge is 2.36. The monoisotopic (exact) mass is 569 g/mol. The number of nitrogens with zero attached hydrogens (tertiary/aromatic N) is 1. The van der Waals surface area contributed by atoms with Crippen LogP contribution in [0.3, 0.4) is 0 Å². The molecule has 0 bridgehead atoms. The molecule has 2 aromatic rings. The molecule has 0 fully saturated rings. The molecule has 0 radical (unpaired) electrons. The highest BCUT2D eigenvalue weighted by Crippen LogP contribution is 2.28. The zero-order chi connectivity index (χ0) is 29.7. The predicted octanol–water partition coefficient (Wildman–Crippen LogP) is 7.00. The van der Waals surface area contributed by atoms with E-state index in [0.717, 1.165) is 48.8 Å². The third kappa shape index (κ3) is 10.5. The first-order valence-electron chi connectivity index (χ1n) is 14.3. The van der Waals surface area contributed by atoms with Gasteiger partial charge in [-0.15, -0.1) is 0 Å². The molecule has 0 heterocycles. The van der Waals surface area contributed by atoms with Crippen LogP contribution in [0.15, 0.2) is 48.5 Å². The van der Waals surface area contributed by atoms with Crippen LogP contribution in [0, 0.1) is 13.8 Å². The number of thiol groups is 1. The van der Waals surface area contributed by atoms with E-state index in [4.69, 9.17) is 4.74 Å².